The van der Waals surface area contributed by atoms with Crippen molar-refractivity contribution in [2.45, 2.75) is 5.92 Å². The highest BCUT2D eigenvalue weighted by molar-refractivity contribution is 6.36. The van der Waals surface area contributed by atoms with Crippen LogP contribution in [0.3, 0.4) is 0 Å². The van der Waals surface area contributed by atoms with E-state index in [9.17, 15) is 0 Å². The molecule has 0 N–H and O–H groups in total. The van der Waals surface area contributed by atoms with Crippen LogP contribution < -0.4 is 18.9 Å². The van der Waals surface area contributed by atoms with Crippen LogP contribution in [-0.2, 0) is 0 Å². The summed E-state index contributed by atoms with van der Waals surface area (Å²) in [6.45, 7) is 0. The van der Waals surface area contributed by atoms with Crippen LogP contribution in [-0.4, -0.2) is 28.4 Å². The molecule has 0 aliphatic rings. The summed E-state index contributed by atoms with van der Waals surface area (Å²) in [6, 6.07) is 17.0. The maximum absolute atomic E-state index is 6.59. The lowest BCUT2D eigenvalue weighted by Crippen LogP contribution is -2.07. The third-order valence-electron chi connectivity index (χ3n) is 4.77. The van der Waals surface area contributed by atoms with Crippen molar-refractivity contribution in [3.63, 3.8) is 0 Å². The van der Waals surface area contributed by atoms with Crippen LogP contribution in [0.4, 0.5) is 0 Å². The predicted octanol–water partition coefficient (Wildman–Crippen LogP) is 6.21. The van der Waals surface area contributed by atoms with Crippen molar-refractivity contribution in [1.82, 2.24) is 0 Å². The molecule has 0 aliphatic carbocycles. The number of benzene rings is 3. The molecular weight excluding hydrogens is 411 g/mol. The molecular formula is C23H22Cl2O4. The van der Waals surface area contributed by atoms with Gasteiger partial charge in [0.05, 0.1) is 28.4 Å². The minimum atomic E-state index is -0.254. The Balaban J connectivity index is 2.26. The van der Waals surface area contributed by atoms with Crippen LogP contribution in [0.5, 0.6) is 23.0 Å². The summed E-state index contributed by atoms with van der Waals surface area (Å²) in [7, 11) is 6.42. The first-order chi connectivity index (χ1) is 14.0. The van der Waals surface area contributed by atoms with Crippen LogP contribution in [0, 0.1) is 0 Å². The molecule has 3 aromatic carbocycles. The number of ether oxygens (including phenoxy) is 4. The van der Waals surface area contributed by atoms with E-state index in [2.05, 4.69) is 0 Å². The quantitative estimate of drug-likeness (QED) is 0.416. The SMILES string of the molecule is COc1ccc(C(c2ccc(OC)c(OC)c2)c2c(Cl)cccc2Cl)cc1OC. The number of rotatable bonds is 7. The van der Waals surface area contributed by atoms with Crippen LogP contribution in [0.2, 0.25) is 10.0 Å². The second-order valence-corrected chi connectivity index (χ2v) is 7.11. The molecule has 4 nitrogen and oxygen atoms in total. The minimum absolute atomic E-state index is 0.254. The molecule has 0 heterocycles. The smallest absolute Gasteiger partial charge is 0.161 e. The van der Waals surface area contributed by atoms with Gasteiger partial charge in [-0.1, -0.05) is 41.4 Å². The lowest BCUT2D eigenvalue weighted by molar-refractivity contribution is 0.354. The molecule has 3 aromatic rings. The second-order valence-electron chi connectivity index (χ2n) is 6.30. The average Bonchev–Trinajstić information content (AvgIpc) is 2.75. The molecule has 29 heavy (non-hydrogen) atoms. The number of methoxy groups -OCH3 is 4. The Bertz CT molecular complexity index is 928. The predicted molar refractivity (Wildman–Crippen MR) is 116 cm³/mol. The Kier molecular flexibility index (Phi) is 6.78. The fourth-order valence-electron chi connectivity index (χ4n) is 3.38. The van der Waals surface area contributed by atoms with Gasteiger partial charge in [-0.2, -0.15) is 0 Å². The Morgan fingerprint density at radius 3 is 1.38 bits per heavy atom. The molecule has 0 unspecified atom stereocenters. The zero-order chi connectivity index (χ0) is 21.0. The molecule has 0 bridgehead atoms. The first kappa shape index (κ1) is 21.2. The Hall–Kier alpha value is -2.56. The molecule has 6 heteroatoms. The summed E-state index contributed by atoms with van der Waals surface area (Å²) in [5, 5.41) is 1.15. The zero-order valence-electron chi connectivity index (χ0n) is 16.7. The summed E-state index contributed by atoms with van der Waals surface area (Å²) in [5.74, 6) is 2.29. The summed E-state index contributed by atoms with van der Waals surface area (Å²) < 4.78 is 21.8. The number of hydrogen-bond acceptors (Lipinski definition) is 4. The summed E-state index contributed by atoms with van der Waals surface area (Å²) in [5.41, 5.74) is 2.70. The normalized spacial score (nSPS) is 10.7. The first-order valence-corrected chi connectivity index (χ1v) is 9.67. The lowest BCUT2D eigenvalue weighted by atomic mass is 9.84. The maximum Gasteiger partial charge on any atom is 0.161 e. The fourth-order valence-corrected chi connectivity index (χ4v) is 3.99. The standard InChI is InChI=1S/C23H22Cl2O4/c1-26-18-10-8-14(12-20(18)28-3)22(23-16(24)6-5-7-17(23)25)15-9-11-19(27-2)21(13-15)29-4/h5-13,22H,1-4H3. The average molecular weight is 433 g/mol. The molecule has 0 aliphatic heterocycles. The fraction of sp³-hybridized carbons (Fsp3) is 0.217. The Morgan fingerprint density at radius 1 is 0.586 bits per heavy atom. The Labute approximate surface area is 180 Å². The van der Waals surface area contributed by atoms with Crippen LogP contribution in [0.1, 0.15) is 22.6 Å². The highest BCUT2D eigenvalue weighted by Crippen LogP contribution is 2.44. The molecule has 0 fully saturated rings. The van der Waals surface area contributed by atoms with E-state index in [4.69, 9.17) is 42.1 Å². The zero-order valence-corrected chi connectivity index (χ0v) is 18.2. The van der Waals surface area contributed by atoms with Crippen molar-refractivity contribution in [1.29, 1.82) is 0 Å². The van der Waals surface area contributed by atoms with Gasteiger partial charge in [0.2, 0.25) is 0 Å². The molecule has 0 amide bonds. The highest BCUT2D eigenvalue weighted by Gasteiger charge is 2.24. The van der Waals surface area contributed by atoms with E-state index in [1.807, 2.05) is 54.6 Å². The van der Waals surface area contributed by atoms with Crippen LogP contribution in [0.15, 0.2) is 54.6 Å². The van der Waals surface area contributed by atoms with Gasteiger partial charge in [0, 0.05) is 21.5 Å². The topological polar surface area (TPSA) is 36.9 Å². The highest BCUT2D eigenvalue weighted by atomic mass is 35.5. The van der Waals surface area contributed by atoms with Gasteiger partial charge in [0.1, 0.15) is 0 Å². The maximum atomic E-state index is 6.59. The number of halogens is 2. The second kappa shape index (κ2) is 9.29. The van der Waals surface area contributed by atoms with Crippen molar-refractivity contribution in [2.75, 3.05) is 28.4 Å². The molecule has 0 spiro atoms. The molecule has 0 saturated carbocycles. The van der Waals surface area contributed by atoms with Gasteiger partial charge in [-0.3, -0.25) is 0 Å². The van der Waals surface area contributed by atoms with Gasteiger partial charge >= 0.3 is 0 Å². The summed E-state index contributed by atoms with van der Waals surface area (Å²) in [4.78, 5) is 0. The van der Waals surface area contributed by atoms with Gasteiger partial charge in [-0.25, -0.2) is 0 Å². The third kappa shape index (κ3) is 4.24. The van der Waals surface area contributed by atoms with E-state index >= 15 is 0 Å². The largest absolute Gasteiger partial charge is 0.493 e. The minimum Gasteiger partial charge on any atom is -0.493 e. The van der Waals surface area contributed by atoms with E-state index in [1.54, 1.807) is 28.4 Å². The van der Waals surface area contributed by atoms with E-state index < -0.39 is 0 Å². The van der Waals surface area contributed by atoms with Gasteiger partial charge in [0.15, 0.2) is 23.0 Å². The van der Waals surface area contributed by atoms with Crippen molar-refractivity contribution in [3.8, 4) is 23.0 Å². The van der Waals surface area contributed by atoms with E-state index in [0.29, 0.717) is 33.0 Å². The first-order valence-electron chi connectivity index (χ1n) is 8.91. The molecule has 0 radical (unpaired) electrons. The third-order valence-corrected chi connectivity index (χ3v) is 5.43. The van der Waals surface area contributed by atoms with E-state index in [0.717, 1.165) is 16.7 Å². The van der Waals surface area contributed by atoms with Gasteiger partial charge < -0.3 is 18.9 Å². The molecule has 3 rings (SSSR count). The molecule has 152 valence electrons. The van der Waals surface area contributed by atoms with Gasteiger partial charge in [-0.15, -0.1) is 0 Å². The van der Waals surface area contributed by atoms with Crippen LogP contribution >= 0.6 is 23.2 Å². The van der Waals surface area contributed by atoms with Crippen molar-refractivity contribution in [2.24, 2.45) is 0 Å². The summed E-state index contributed by atoms with van der Waals surface area (Å²) >= 11 is 13.2. The monoisotopic (exact) mass is 432 g/mol. The van der Waals surface area contributed by atoms with Gasteiger partial charge in [-0.05, 0) is 47.5 Å². The molecule has 0 atom stereocenters. The van der Waals surface area contributed by atoms with Crippen molar-refractivity contribution < 1.29 is 18.9 Å². The van der Waals surface area contributed by atoms with E-state index in [-0.39, 0.29) is 5.92 Å². The van der Waals surface area contributed by atoms with Gasteiger partial charge in [0.25, 0.3) is 0 Å². The van der Waals surface area contributed by atoms with E-state index in [1.165, 1.54) is 0 Å². The lowest BCUT2D eigenvalue weighted by Gasteiger charge is -2.23. The molecule has 0 saturated heterocycles. The van der Waals surface area contributed by atoms with Crippen molar-refractivity contribution in [3.05, 3.63) is 81.3 Å². The Morgan fingerprint density at radius 2 is 1.00 bits per heavy atom. The van der Waals surface area contributed by atoms with Crippen LogP contribution in [0.25, 0.3) is 0 Å². The van der Waals surface area contributed by atoms with Crippen molar-refractivity contribution >= 4 is 23.2 Å². The summed E-state index contributed by atoms with van der Waals surface area (Å²) in [6.07, 6.45) is 0. The number of hydrogen-bond donors (Lipinski definition) is 0. The molecule has 0 aromatic heterocycles.